The average Bonchev–Trinajstić information content (AvgIpc) is 2.71. The van der Waals surface area contributed by atoms with Crippen LogP contribution in [-0.4, -0.2) is 53.9 Å². The van der Waals surface area contributed by atoms with Crippen molar-refractivity contribution in [3.05, 3.63) is 23.4 Å². The molecule has 0 radical (unpaired) electrons. The van der Waals surface area contributed by atoms with Crippen molar-refractivity contribution in [3.63, 3.8) is 0 Å². The van der Waals surface area contributed by atoms with E-state index < -0.39 is 17.6 Å². The van der Waals surface area contributed by atoms with Gasteiger partial charge in [0, 0.05) is 38.8 Å². The molecule has 0 spiro atoms. The van der Waals surface area contributed by atoms with E-state index in [0.29, 0.717) is 26.1 Å². The monoisotopic (exact) mass is 356 g/mol. The zero-order valence-corrected chi connectivity index (χ0v) is 13.8. The minimum absolute atomic E-state index is 0.0540. The standard InChI is InChI=1S/C16H19F3N4O2/c1-2-3-13(24)22-4-5-23-11(9-22)8-21-15(25)12-6-10(16(17,18)19)7-20-14(12)23/h6-7,11H,2-5,8-9H2,1H3,(H,21,25). The molecule has 3 rings (SSSR count). The van der Waals surface area contributed by atoms with Crippen molar-refractivity contribution in [1.29, 1.82) is 0 Å². The molecule has 1 aromatic rings. The molecule has 2 aliphatic heterocycles. The Bertz CT molecular complexity index is 692. The number of halogens is 3. The van der Waals surface area contributed by atoms with E-state index in [-0.39, 0.29) is 29.9 Å². The van der Waals surface area contributed by atoms with Crippen LogP contribution in [0.3, 0.4) is 0 Å². The molecule has 6 nitrogen and oxygen atoms in total. The van der Waals surface area contributed by atoms with Crippen LogP contribution in [0.1, 0.15) is 35.7 Å². The Morgan fingerprint density at radius 2 is 2.16 bits per heavy atom. The Kier molecular flexibility index (Phi) is 4.57. The number of carbonyl (C=O) groups is 2. The van der Waals surface area contributed by atoms with Crippen LogP contribution in [0.4, 0.5) is 19.0 Å². The highest BCUT2D eigenvalue weighted by molar-refractivity contribution is 6.00. The molecule has 25 heavy (non-hydrogen) atoms. The number of amides is 2. The number of nitrogens with zero attached hydrogens (tertiary/aromatic N) is 3. The van der Waals surface area contributed by atoms with Crippen molar-refractivity contribution < 1.29 is 22.8 Å². The van der Waals surface area contributed by atoms with Crippen LogP contribution in [0.25, 0.3) is 0 Å². The highest BCUT2D eigenvalue weighted by atomic mass is 19.4. The van der Waals surface area contributed by atoms with Crippen LogP contribution in [0, 0.1) is 0 Å². The fraction of sp³-hybridized carbons (Fsp3) is 0.562. The molecule has 1 saturated heterocycles. The van der Waals surface area contributed by atoms with Gasteiger partial charge in [0.25, 0.3) is 5.91 Å². The number of fused-ring (bicyclic) bond motifs is 3. The summed E-state index contributed by atoms with van der Waals surface area (Å²) in [4.78, 5) is 31.8. The molecule has 3 heterocycles. The lowest BCUT2D eigenvalue weighted by atomic mass is 10.1. The van der Waals surface area contributed by atoms with Crippen LogP contribution in [0.2, 0.25) is 0 Å². The zero-order valence-electron chi connectivity index (χ0n) is 13.8. The SMILES string of the molecule is CCCC(=O)N1CCN2c3ncc(C(F)(F)F)cc3C(=O)NCC2C1. The number of piperazine rings is 1. The molecule has 1 N–H and O–H groups in total. The lowest BCUT2D eigenvalue weighted by Gasteiger charge is -2.41. The largest absolute Gasteiger partial charge is 0.417 e. The molecule has 1 unspecified atom stereocenters. The number of nitrogens with one attached hydrogen (secondary N) is 1. The number of rotatable bonds is 2. The maximum atomic E-state index is 12.9. The van der Waals surface area contributed by atoms with Gasteiger partial charge in [-0.1, -0.05) is 6.92 Å². The van der Waals surface area contributed by atoms with E-state index in [1.165, 1.54) is 0 Å². The summed E-state index contributed by atoms with van der Waals surface area (Å²) in [7, 11) is 0. The van der Waals surface area contributed by atoms with Gasteiger partial charge in [0.15, 0.2) is 0 Å². The minimum atomic E-state index is -4.56. The average molecular weight is 356 g/mol. The van der Waals surface area contributed by atoms with E-state index in [0.717, 1.165) is 18.7 Å². The summed E-state index contributed by atoms with van der Waals surface area (Å²) >= 11 is 0. The van der Waals surface area contributed by atoms with Crippen molar-refractivity contribution in [2.75, 3.05) is 31.1 Å². The first-order valence-corrected chi connectivity index (χ1v) is 8.21. The first kappa shape index (κ1) is 17.5. The van der Waals surface area contributed by atoms with E-state index in [1.807, 2.05) is 11.8 Å². The van der Waals surface area contributed by atoms with Crippen molar-refractivity contribution >= 4 is 17.6 Å². The summed E-state index contributed by atoms with van der Waals surface area (Å²) < 4.78 is 38.7. The summed E-state index contributed by atoms with van der Waals surface area (Å²) in [5.41, 5.74) is -1.03. The minimum Gasteiger partial charge on any atom is -0.350 e. The zero-order chi connectivity index (χ0) is 18.2. The van der Waals surface area contributed by atoms with E-state index in [2.05, 4.69) is 10.3 Å². The van der Waals surface area contributed by atoms with E-state index >= 15 is 0 Å². The van der Waals surface area contributed by atoms with Gasteiger partial charge in [-0.3, -0.25) is 9.59 Å². The van der Waals surface area contributed by atoms with Crippen LogP contribution >= 0.6 is 0 Å². The van der Waals surface area contributed by atoms with Gasteiger partial charge in [0.2, 0.25) is 5.91 Å². The highest BCUT2D eigenvalue weighted by Crippen LogP contribution is 2.33. The summed E-state index contributed by atoms with van der Waals surface area (Å²) in [6.45, 7) is 3.50. The summed E-state index contributed by atoms with van der Waals surface area (Å²) in [5, 5.41) is 2.64. The van der Waals surface area contributed by atoms with E-state index in [9.17, 15) is 22.8 Å². The predicted molar refractivity (Wildman–Crippen MR) is 84.2 cm³/mol. The number of hydrogen-bond donors (Lipinski definition) is 1. The summed E-state index contributed by atoms with van der Waals surface area (Å²) in [5.74, 6) is -0.275. The number of aromatic nitrogens is 1. The maximum absolute atomic E-state index is 12.9. The Hall–Kier alpha value is -2.32. The molecule has 2 aliphatic rings. The highest BCUT2D eigenvalue weighted by Gasteiger charge is 2.37. The third-order valence-corrected chi connectivity index (χ3v) is 4.51. The molecule has 9 heteroatoms. The van der Waals surface area contributed by atoms with Gasteiger partial charge in [-0.2, -0.15) is 13.2 Å². The molecule has 2 amide bonds. The van der Waals surface area contributed by atoms with Gasteiger partial charge in [0.1, 0.15) is 5.82 Å². The van der Waals surface area contributed by atoms with Crippen molar-refractivity contribution in [2.45, 2.75) is 32.0 Å². The third kappa shape index (κ3) is 3.40. The van der Waals surface area contributed by atoms with Crippen molar-refractivity contribution in [3.8, 4) is 0 Å². The fourth-order valence-electron chi connectivity index (χ4n) is 3.22. The molecule has 0 aliphatic carbocycles. The Morgan fingerprint density at radius 3 is 2.84 bits per heavy atom. The number of carbonyl (C=O) groups excluding carboxylic acids is 2. The van der Waals surface area contributed by atoms with Crippen molar-refractivity contribution in [1.82, 2.24) is 15.2 Å². The molecule has 0 saturated carbocycles. The normalized spacial score (nSPS) is 20.5. The maximum Gasteiger partial charge on any atom is 0.417 e. The lowest BCUT2D eigenvalue weighted by Crippen LogP contribution is -2.57. The number of alkyl halides is 3. The molecule has 136 valence electrons. The molecule has 1 atom stereocenters. The predicted octanol–water partition coefficient (Wildman–Crippen LogP) is 1.66. The van der Waals surface area contributed by atoms with Gasteiger partial charge in [-0.25, -0.2) is 4.98 Å². The number of hydrogen-bond acceptors (Lipinski definition) is 4. The Labute approximate surface area is 143 Å². The second kappa shape index (κ2) is 6.53. The van der Waals surface area contributed by atoms with Crippen LogP contribution in [-0.2, 0) is 11.0 Å². The summed E-state index contributed by atoms with van der Waals surface area (Å²) in [6, 6.07) is 0.637. The second-order valence-electron chi connectivity index (χ2n) is 6.24. The number of anilines is 1. The first-order valence-electron chi connectivity index (χ1n) is 8.21. The molecule has 0 aromatic carbocycles. The second-order valence-corrected chi connectivity index (χ2v) is 6.24. The molecular weight excluding hydrogens is 337 g/mol. The Morgan fingerprint density at radius 1 is 1.40 bits per heavy atom. The lowest BCUT2D eigenvalue weighted by molar-refractivity contribution is -0.138. The van der Waals surface area contributed by atoms with Gasteiger partial charge >= 0.3 is 6.18 Å². The quantitative estimate of drug-likeness (QED) is 0.875. The number of pyridine rings is 1. The van der Waals surface area contributed by atoms with Crippen LogP contribution in [0.15, 0.2) is 12.3 Å². The van der Waals surface area contributed by atoms with Crippen molar-refractivity contribution in [2.24, 2.45) is 0 Å². The molecule has 1 fully saturated rings. The van der Waals surface area contributed by atoms with Gasteiger partial charge in [0.05, 0.1) is 17.2 Å². The Balaban J connectivity index is 1.89. The molecular formula is C16H19F3N4O2. The van der Waals surface area contributed by atoms with Crippen LogP contribution in [0.5, 0.6) is 0 Å². The topological polar surface area (TPSA) is 65.5 Å². The molecule has 1 aromatic heterocycles. The third-order valence-electron chi connectivity index (χ3n) is 4.51. The van der Waals surface area contributed by atoms with Gasteiger partial charge in [-0.05, 0) is 12.5 Å². The summed E-state index contributed by atoms with van der Waals surface area (Å²) in [6.07, 6.45) is -2.59. The van der Waals surface area contributed by atoms with Gasteiger partial charge in [-0.15, -0.1) is 0 Å². The van der Waals surface area contributed by atoms with Gasteiger partial charge < -0.3 is 15.1 Å². The van der Waals surface area contributed by atoms with E-state index in [4.69, 9.17) is 0 Å². The van der Waals surface area contributed by atoms with E-state index in [1.54, 1.807) is 4.90 Å². The smallest absolute Gasteiger partial charge is 0.350 e. The first-order chi connectivity index (χ1) is 11.8. The van der Waals surface area contributed by atoms with Crippen LogP contribution < -0.4 is 10.2 Å². The molecule has 0 bridgehead atoms. The fourth-order valence-corrected chi connectivity index (χ4v) is 3.22.